The zero-order valence-electron chi connectivity index (χ0n) is 14.3. The van der Waals surface area contributed by atoms with E-state index in [-0.39, 0.29) is 18.2 Å². The number of amides is 4. The van der Waals surface area contributed by atoms with Gasteiger partial charge in [0.05, 0.1) is 12.1 Å². The van der Waals surface area contributed by atoms with E-state index in [0.29, 0.717) is 6.42 Å². The summed E-state index contributed by atoms with van der Waals surface area (Å²) in [5.74, 6) is -1.25. The summed E-state index contributed by atoms with van der Waals surface area (Å²) in [6, 6.07) is 2.19. The third kappa shape index (κ3) is 7.41. The van der Waals surface area contributed by atoms with E-state index in [1.807, 2.05) is 13.8 Å². The molecule has 0 saturated heterocycles. The fourth-order valence-electron chi connectivity index (χ4n) is 2.07. The number of halogens is 3. The summed E-state index contributed by atoms with van der Waals surface area (Å²) in [5.41, 5.74) is 4.25. The van der Waals surface area contributed by atoms with Gasteiger partial charge in [0, 0.05) is 5.69 Å². The molecule has 1 atom stereocenters. The SMILES string of the molecule is CC(C)C[C@H](NC(=O)Nc1ccc(C(F)(F)F)cc1)C(=O)NCC(N)=O. The van der Waals surface area contributed by atoms with Crippen molar-refractivity contribution in [3.05, 3.63) is 29.8 Å². The fourth-order valence-corrected chi connectivity index (χ4v) is 2.07. The van der Waals surface area contributed by atoms with E-state index in [0.717, 1.165) is 24.3 Å². The average molecular weight is 374 g/mol. The highest BCUT2D eigenvalue weighted by molar-refractivity contribution is 5.94. The second kappa shape index (κ2) is 9.07. The third-order valence-electron chi connectivity index (χ3n) is 3.24. The van der Waals surface area contributed by atoms with Crippen LogP contribution in [0.1, 0.15) is 25.8 Å². The van der Waals surface area contributed by atoms with Crippen LogP contribution in [-0.2, 0) is 15.8 Å². The Morgan fingerprint density at radius 1 is 1.12 bits per heavy atom. The van der Waals surface area contributed by atoms with Crippen molar-refractivity contribution in [2.24, 2.45) is 11.7 Å². The van der Waals surface area contributed by atoms with Crippen molar-refractivity contribution in [1.82, 2.24) is 10.6 Å². The molecular weight excluding hydrogens is 353 g/mol. The van der Waals surface area contributed by atoms with Crippen LogP contribution in [0.4, 0.5) is 23.7 Å². The second-order valence-corrected chi connectivity index (χ2v) is 6.04. The maximum Gasteiger partial charge on any atom is 0.416 e. The predicted octanol–water partition coefficient (Wildman–Crippen LogP) is 1.84. The van der Waals surface area contributed by atoms with Crippen LogP contribution in [0.2, 0.25) is 0 Å². The van der Waals surface area contributed by atoms with Crippen molar-refractivity contribution in [3.8, 4) is 0 Å². The van der Waals surface area contributed by atoms with E-state index in [9.17, 15) is 27.6 Å². The number of urea groups is 1. The molecule has 1 aromatic rings. The molecule has 7 nitrogen and oxygen atoms in total. The summed E-state index contributed by atoms with van der Waals surface area (Å²) in [6.45, 7) is 3.31. The van der Waals surface area contributed by atoms with E-state index in [4.69, 9.17) is 5.73 Å². The summed E-state index contributed by atoms with van der Waals surface area (Å²) >= 11 is 0. The zero-order chi connectivity index (χ0) is 19.9. The molecule has 0 aliphatic rings. The Balaban J connectivity index is 2.70. The lowest BCUT2D eigenvalue weighted by molar-refractivity contribution is -0.137. The molecular formula is C16H21F3N4O3. The molecule has 0 radical (unpaired) electrons. The van der Waals surface area contributed by atoms with Gasteiger partial charge >= 0.3 is 12.2 Å². The normalized spacial score (nSPS) is 12.4. The number of rotatable bonds is 7. The van der Waals surface area contributed by atoms with Crippen molar-refractivity contribution < 1.29 is 27.6 Å². The van der Waals surface area contributed by atoms with Crippen molar-refractivity contribution >= 4 is 23.5 Å². The lowest BCUT2D eigenvalue weighted by atomic mass is 10.0. The molecule has 0 fully saturated rings. The van der Waals surface area contributed by atoms with Gasteiger partial charge in [-0.25, -0.2) is 4.79 Å². The number of carbonyl (C=O) groups is 3. The summed E-state index contributed by atoms with van der Waals surface area (Å²) < 4.78 is 37.6. The average Bonchev–Trinajstić information content (AvgIpc) is 2.51. The number of primary amides is 1. The van der Waals surface area contributed by atoms with E-state index in [1.165, 1.54) is 0 Å². The van der Waals surface area contributed by atoms with Crippen molar-refractivity contribution in [1.29, 1.82) is 0 Å². The number of anilines is 1. The molecule has 0 aliphatic heterocycles. The van der Waals surface area contributed by atoms with Crippen LogP contribution in [0.3, 0.4) is 0 Å². The van der Waals surface area contributed by atoms with E-state index in [1.54, 1.807) is 0 Å². The van der Waals surface area contributed by atoms with Gasteiger partial charge in [-0.2, -0.15) is 13.2 Å². The molecule has 1 rings (SSSR count). The van der Waals surface area contributed by atoms with Gasteiger partial charge in [0.2, 0.25) is 11.8 Å². The predicted molar refractivity (Wildman–Crippen MR) is 89.0 cm³/mol. The molecule has 144 valence electrons. The topological polar surface area (TPSA) is 113 Å². The largest absolute Gasteiger partial charge is 0.416 e. The van der Waals surface area contributed by atoms with Gasteiger partial charge in [0.15, 0.2) is 0 Å². The number of benzene rings is 1. The lowest BCUT2D eigenvalue weighted by Crippen LogP contribution is -2.50. The first-order chi connectivity index (χ1) is 12.0. The molecule has 4 amide bonds. The molecule has 0 bridgehead atoms. The summed E-state index contributed by atoms with van der Waals surface area (Å²) in [4.78, 5) is 34.8. The number of nitrogens with one attached hydrogen (secondary N) is 3. The van der Waals surface area contributed by atoms with Gasteiger partial charge in [0.1, 0.15) is 6.04 Å². The smallest absolute Gasteiger partial charge is 0.368 e. The van der Waals surface area contributed by atoms with Crippen LogP contribution in [0, 0.1) is 5.92 Å². The molecule has 0 unspecified atom stereocenters. The zero-order valence-corrected chi connectivity index (χ0v) is 14.3. The number of alkyl halides is 3. The van der Waals surface area contributed by atoms with Crippen LogP contribution < -0.4 is 21.7 Å². The minimum atomic E-state index is -4.47. The van der Waals surface area contributed by atoms with Gasteiger partial charge in [-0.1, -0.05) is 13.8 Å². The number of carbonyl (C=O) groups excluding carboxylic acids is 3. The first-order valence-corrected chi connectivity index (χ1v) is 7.80. The molecule has 0 heterocycles. The first kappa shape index (κ1) is 21.3. The molecule has 5 N–H and O–H groups in total. The molecule has 0 spiro atoms. The fraction of sp³-hybridized carbons (Fsp3) is 0.438. The summed E-state index contributed by atoms with van der Waals surface area (Å²) in [7, 11) is 0. The van der Waals surface area contributed by atoms with Gasteiger partial charge in [-0.3, -0.25) is 9.59 Å². The van der Waals surface area contributed by atoms with Crippen molar-refractivity contribution in [2.45, 2.75) is 32.5 Å². The lowest BCUT2D eigenvalue weighted by Gasteiger charge is -2.20. The van der Waals surface area contributed by atoms with Crippen molar-refractivity contribution in [3.63, 3.8) is 0 Å². The highest BCUT2D eigenvalue weighted by Gasteiger charge is 2.30. The van der Waals surface area contributed by atoms with Crippen LogP contribution in [0.5, 0.6) is 0 Å². The monoisotopic (exact) mass is 374 g/mol. The summed E-state index contributed by atoms with van der Waals surface area (Å²) in [6.07, 6.45) is -4.17. The Bertz CT molecular complexity index is 645. The second-order valence-electron chi connectivity index (χ2n) is 6.04. The molecule has 10 heteroatoms. The van der Waals surface area contributed by atoms with Crippen LogP contribution in [-0.4, -0.2) is 30.4 Å². The maximum atomic E-state index is 12.5. The molecule has 0 aliphatic carbocycles. The Morgan fingerprint density at radius 3 is 2.15 bits per heavy atom. The van der Waals surface area contributed by atoms with E-state index >= 15 is 0 Å². The highest BCUT2D eigenvalue weighted by atomic mass is 19.4. The number of nitrogens with two attached hydrogens (primary N) is 1. The molecule has 1 aromatic carbocycles. The minimum absolute atomic E-state index is 0.0608. The Hall–Kier alpha value is -2.78. The van der Waals surface area contributed by atoms with Crippen molar-refractivity contribution in [2.75, 3.05) is 11.9 Å². The number of hydrogen-bond donors (Lipinski definition) is 4. The molecule has 0 aromatic heterocycles. The summed E-state index contributed by atoms with van der Waals surface area (Å²) in [5, 5.41) is 7.08. The van der Waals surface area contributed by atoms with E-state index < -0.39 is 35.6 Å². The quantitative estimate of drug-likeness (QED) is 0.584. The Morgan fingerprint density at radius 2 is 1.69 bits per heavy atom. The van der Waals surface area contributed by atoms with Crippen LogP contribution >= 0.6 is 0 Å². The third-order valence-corrected chi connectivity index (χ3v) is 3.24. The molecule has 26 heavy (non-hydrogen) atoms. The first-order valence-electron chi connectivity index (χ1n) is 7.80. The Kier molecular flexibility index (Phi) is 7.41. The highest BCUT2D eigenvalue weighted by Crippen LogP contribution is 2.29. The van der Waals surface area contributed by atoms with Crippen LogP contribution in [0.15, 0.2) is 24.3 Å². The van der Waals surface area contributed by atoms with Gasteiger partial charge in [-0.15, -0.1) is 0 Å². The number of hydrogen-bond acceptors (Lipinski definition) is 3. The minimum Gasteiger partial charge on any atom is -0.368 e. The van der Waals surface area contributed by atoms with Gasteiger partial charge in [0.25, 0.3) is 0 Å². The Labute approximate surface area is 148 Å². The standard InChI is InChI=1S/C16H21F3N4O3/c1-9(2)7-12(14(25)21-8-13(20)24)23-15(26)22-11-5-3-10(4-6-11)16(17,18)19/h3-6,9,12H,7-8H2,1-2H3,(H2,20,24)(H,21,25)(H2,22,23,26)/t12-/m0/s1. The van der Waals surface area contributed by atoms with Gasteiger partial charge in [-0.05, 0) is 36.6 Å². The van der Waals surface area contributed by atoms with Gasteiger partial charge < -0.3 is 21.7 Å². The molecule has 0 saturated carbocycles. The van der Waals surface area contributed by atoms with Crippen LogP contribution in [0.25, 0.3) is 0 Å². The maximum absolute atomic E-state index is 12.5. The van der Waals surface area contributed by atoms with E-state index in [2.05, 4.69) is 16.0 Å².